The molecule has 2 aromatic rings. The largest absolute Gasteiger partial charge is 0.490 e. The number of carboxylic acid groups (broad SMARTS) is 1. The van der Waals surface area contributed by atoms with Crippen LogP contribution in [0.1, 0.15) is 19.3 Å². The molecule has 1 aliphatic carbocycles. The molecule has 2 heterocycles. The molecule has 0 unspecified atom stereocenters. The highest BCUT2D eigenvalue weighted by Gasteiger charge is 2.38. The fourth-order valence-electron chi connectivity index (χ4n) is 1.83. The van der Waals surface area contributed by atoms with E-state index >= 15 is 0 Å². The number of carbonyl (C=O) groups is 1. The number of halogens is 3. The molecule has 3 rings (SSSR count). The molecule has 0 aromatic carbocycles. The van der Waals surface area contributed by atoms with Crippen molar-refractivity contribution in [3.63, 3.8) is 0 Å². The topological polar surface area (TPSA) is 125 Å². The number of carboxylic acids is 1. The SMILES string of the molecule is COc1nc2c(N)ncnc2n1OCCC1CC1.O=C(O)C(F)(F)F. The Morgan fingerprint density at radius 1 is 1.44 bits per heavy atom. The summed E-state index contributed by atoms with van der Waals surface area (Å²) in [6, 6.07) is 0.341. The third kappa shape index (κ3) is 4.84. The van der Waals surface area contributed by atoms with Crippen molar-refractivity contribution in [2.75, 3.05) is 19.5 Å². The second-order valence-electron chi connectivity index (χ2n) is 5.19. The molecule has 12 heteroatoms. The molecule has 1 aliphatic rings. The van der Waals surface area contributed by atoms with Gasteiger partial charge in [-0.2, -0.15) is 18.2 Å². The molecule has 1 fully saturated rings. The molecule has 0 atom stereocenters. The number of anilines is 1. The lowest BCUT2D eigenvalue weighted by Gasteiger charge is -2.08. The van der Waals surface area contributed by atoms with Crippen LogP contribution in [-0.4, -0.2) is 50.7 Å². The summed E-state index contributed by atoms with van der Waals surface area (Å²) in [7, 11) is 1.53. The standard InChI is InChI=1S/C11H15N5O2.C2HF3O2/c1-17-11-15-8-9(12)13-6-14-10(8)16(11)18-5-4-7-2-3-7;3-2(4,5)1(6)7/h6-7H,2-5H2,1H3,(H2,12,13,14);(H,6,7). The molecule has 138 valence electrons. The van der Waals surface area contributed by atoms with E-state index in [1.807, 2.05) is 0 Å². The Balaban J connectivity index is 0.000000277. The average molecular weight is 363 g/mol. The van der Waals surface area contributed by atoms with Gasteiger partial charge in [0.05, 0.1) is 7.11 Å². The molecule has 25 heavy (non-hydrogen) atoms. The van der Waals surface area contributed by atoms with Crippen LogP contribution in [0.5, 0.6) is 6.01 Å². The first-order valence-electron chi connectivity index (χ1n) is 7.20. The highest BCUT2D eigenvalue weighted by molar-refractivity contribution is 5.82. The third-order valence-corrected chi connectivity index (χ3v) is 3.27. The maximum Gasteiger partial charge on any atom is 0.490 e. The van der Waals surface area contributed by atoms with Crippen LogP contribution in [-0.2, 0) is 4.79 Å². The molecule has 0 aliphatic heterocycles. The predicted octanol–water partition coefficient (Wildman–Crippen LogP) is 1.28. The molecule has 0 spiro atoms. The molecule has 0 saturated heterocycles. The van der Waals surface area contributed by atoms with Gasteiger partial charge >= 0.3 is 18.2 Å². The maximum absolute atomic E-state index is 10.6. The van der Waals surface area contributed by atoms with Crippen LogP contribution in [0.25, 0.3) is 11.2 Å². The first-order chi connectivity index (χ1) is 11.7. The lowest BCUT2D eigenvalue weighted by Crippen LogP contribution is -2.21. The molecule has 9 nitrogen and oxygen atoms in total. The minimum Gasteiger partial charge on any atom is -0.475 e. The minimum atomic E-state index is -5.08. The van der Waals surface area contributed by atoms with Crippen molar-refractivity contribution in [2.45, 2.75) is 25.4 Å². The van der Waals surface area contributed by atoms with Gasteiger partial charge in [0.2, 0.25) is 5.65 Å². The van der Waals surface area contributed by atoms with E-state index in [1.165, 1.54) is 31.0 Å². The summed E-state index contributed by atoms with van der Waals surface area (Å²) in [5.41, 5.74) is 6.78. The molecule has 0 radical (unpaired) electrons. The van der Waals surface area contributed by atoms with Crippen LogP contribution in [0.3, 0.4) is 0 Å². The number of fused-ring (bicyclic) bond motifs is 1. The van der Waals surface area contributed by atoms with E-state index in [0.29, 0.717) is 29.6 Å². The summed E-state index contributed by atoms with van der Waals surface area (Å²) < 4.78 is 38.4. The molecule has 2 aromatic heterocycles. The highest BCUT2D eigenvalue weighted by Crippen LogP contribution is 2.32. The second-order valence-corrected chi connectivity index (χ2v) is 5.19. The normalized spacial score (nSPS) is 13.9. The number of hydrogen-bond acceptors (Lipinski definition) is 7. The van der Waals surface area contributed by atoms with Crippen LogP contribution in [0.15, 0.2) is 6.33 Å². The molecular weight excluding hydrogens is 347 g/mol. The minimum absolute atomic E-state index is 0.322. The summed E-state index contributed by atoms with van der Waals surface area (Å²) in [5, 5.41) is 7.12. The van der Waals surface area contributed by atoms with Crippen LogP contribution >= 0.6 is 0 Å². The van der Waals surface area contributed by atoms with Crippen molar-refractivity contribution in [1.29, 1.82) is 0 Å². The molecule has 0 amide bonds. The van der Waals surface area contributed by atoms with Gasteiger partial charge in [-0.25, -0.2) is 14.8 Å². The first kappa shape index (κ1) is 18.5. The molecule has 1 saturated carbocycles. The van der Waals surface area contributed by atoms with E-state index < -0.39 is 12.1 Å². The van der Waals surface area contributed by atoms with E-state index in [9.17, 15) is 13.2 Å². The lowest BCUT2D eigenvalue weighted by atomic mass is 10.3. The van der Waals surface area contributed by atoms with Gasteiger partial charge < -0.3 is 20.4 Å². The fraction of sp³-hybridized carbons (Fsp3) is 0.538. The van der Waals surface area contributed by atoms with Crippen LogP contribution in [0.2, 0.25) is 0 Å². The molecule has 3 N–H and O–H groups in total. The zero-order valence-corrected chi connectivity index (χ0v) is 13.2. The van der Waals surface area contributed by atoms with Crippen molar-refractivity contribution in [2.24, 2.45) is 5.92 Å². The zero-order valence-electron chi connectivity index (χ0n) is 13.2. The molecular formula is C13H16F3N5O4. The van der Waals surface area contributed by atoms with E-state index in [0.717, 1.165) is 12.3 Å². The first-order valence-corrected chi connectivity index (χ1v) is 7.20. The smallest absolute Gasteiger partial charge is 0.475 e. The van der Waals surface area contributed by atoms with Gasteiger partial charge in [0.15, 0.2) is 11.3 Å². The van der Waals surface area contributed by atoms with Gasteiger partial charge in [-0.15, -0.1) is 4.73 Å². The van der Waals surface area contributed by atoms with Crippen LogP contribution < -0.4 is 15.3 Å². The monoisotopic (exact) mass is 363 g/mol. The van der Waals surface area contributed by atoms with Gasteiger partial charge in [0.1, 0.15) is 12.9 Å². The number of nitrogens with zero attached hydrogens (tertiary/aromatic N) is 4. The number of hydrogen-bond donors (Lipinski definition) is 2. The van der Waals surface area contributed by atoms with E-state index in [2.05, 4.69) is 15.0 Å². The number of aromatic nitrogens is 4. The van der Waals surface area contributed by atoms with E-state index in [1.54, 1.807) is 0 Å². The Kier molecular flexibility index (Phi) is 5.49. The van der Waals surface area contributed by atoms with Crippen LogP contribution in [0, 0.1) is 5.92 Å². The Morgan fingerprint density at radius 2 is 2.08 bits per heavy atom. The predicted molar refractivity (Wildman–Crippen MR) is 78.8 cm³/mol. The van der Waals surface area contributed by atoms with Gasteiger partial charge in [0, 0.05) is 0 Å². The highest BCUT2D eigenvalue weighted by atomic mass is 19.4. The van der Waals surface area contributed by atoms with Crippen molar-refractivity contribution in [1.82, 2.24) is 19.7 Å². The Labute approximate surface area is 139 Å². The number of imidazole rings is 1. The van der Waals surface area contributed by atoms with Crippen molar-refractivity contribution in [3.05, 3.63) is 6.33 Å². The number of methoxy groups -OCH3 is 1. The summed E-state index contributed by atoms with van der Waals surface area (Å²) >= 11 is 0. The number of rotatable bonds is 5. The number of nitrogens with two attached hydrogens (primary N) is 1. The molecule has 0 bridgehead atoms. The number of ether oxygens (including phenoxy) is 1. The maximum atomic E-state index is 10.6. The fourth-order valence-corrected chi connectivity index (χ4v) is 1.83. The second kappa shape index (κ2) is 7.40. The Morgan fingerprint density at radius 3 is 2.60 bits per heavy atom. The summed E-state index contributed by atoms with van der Waals surface area (Å²) in [4.78, 5) is 26.8. The van der Waals surface area contributed by atoms with Gasteiger partial charge in [-0.3, -0.25) is 0 Å². The van der Waals surface area contributed by atoms with Crippen molar-refractivity contribution >= 4 is 23.0 Å². The number of aliphatic carboxylic acids is 1. The lowest BCUT2D eigenvalue weighted by molar-refractivity contribution is -0.192. The number of alkyl halides is 3. The van der Waals surface area contributed by atoms with Crippen LogP contribution in [0.4, 0.5) is 19.0 Å². The quantitative estimate of drug-likeness (QED) is 0.814. The average Bonchev–Trinajstić information content (AvgIpc) is 3.28. The van der Waals surface area contributed by atoms with E-state index in [4.69, 9.17) is 25.2 Å². The third-order valence-electron chi connectivity index (χ3n) is 3.27. The number of nitrogen functional groups attached to an aromatic ring is 1. The summed E-state index contributed by atoms with van der Waals surface area (Å²) in [5.74, 6) is -1.62. The van der Waals surface area contributed by atoms with Gasteiger partial charge in [0.25, 0.3) is 0 Å². The summed E-state index contributed by atoms with van der Waals surface area (Å²) in [6.07, 6.45) is -0.0382. The van der Waals surface area contributed by atoms with E-state index in [-0.39, 0.29) is 0 Å². The summed E-state index contributed by atoms with van der Waals surface area (Å²) in [6.45, 7) is 0.621. The zero-order chi connectivity index (χ0) is 18.6. The Bertz CT molecular complexity index is 745. The Hall–Kier alpha value is -2.79. The van der Waals surface area contributed by atoms with Gasteiger partial charge in [-0.05, 0) is 12.3 Å². The van der Waals surface area contributed by atoms with Crippen molar-refractivity contribution in [3.8, 4) is 6.01 Å². The van der Waals surface area contributed by atoms with Crippen molar-refractivity contribution < 1.29 is 32.6 Å². The van der Waals surface area contributed by atoms with Gasteiger partial charge in [-0.1, -0.05) is 12.8 Å².